The van der Waals surface area contributed by atoms with E-state index in [1.54, 1.807) is 23.5 Å². The molecule has 17 nitrogen and oxygen atoms in total. The number of hydrogen-bond acceptors (Lipinski definition) is 17. The number of hydrogen-bond donors (Lipinski definition) is 2. The maximum atomic E-state index is 14.2. The van der Waals surface area contributed by atoms with Crippen molar-refractivity contribution in [1.29, 1.82) is 0 Å². The fourth-order valence-corrected chi connectivity index (χ4v) is 16.6. The van der Waals surface area contributed by atoms with Gasteiger partial charge in [-0.15, -0.1) is 33.3 Å². The summed E-state index contributed by atoms with van der Waals surface area (Å²) in [5, 5.41) is 14.1. The van der Waals surface area contributed by atoms with Crippen molar-refractivity contribution in [2.45, 2.75) is 125 Å². The van der Waals surface area contributed by atoms with Crippen molar-refractivity contribution in [3.05, 3.63) is 181 Å². The van der Waals surface area contributed by atoms with Gasteiger partial charge in [0.15, 0.2) is 5.82 Å². The number of amides is 1. The Balaban J connectivity index is 0.000000269. The monoisotopic (exact) mass is 1430 g/mol. The Morgan fingerprint density at radius 3 is 2.09 bits per heavy atom. The lowest BCUT2D eigenvalue weighted by Crippen LogP contribution is -2.47. The van der Waals surface area contributed by atoms with Crippen molar-refractivity contribution in [3.63, 3.8) is 0 Å². The highest BCUT2D eigenvalue weighted by Gasteiger charge is 2.49. The predicted octanol–water partition coefficient (Wildman–Crippen LogP) is 14.4. The number of sulfonamides is 1. The minimum Gasteiger partial charge on any atom is -0.460 e. The van der Waals surface area contributed by atoms with Gasteiger partial charge in [-0.05, 0) is 168 Å². The molecule has 1 aliphatic carbocycles. The van der Waals surface area contributed by atoms with Crippen molar-refractivity contribution in [2.75, 3.05) is 81.5 Å². The summed E-state index contributed by atoms with van der Waals surface area (Å²) in [5.74, 6) is 0.440. The first-order valence-corrected chi connectivity index (χ1v) is 37.3. The second-order valence-corrected chi connectivity index (χ2v) is 32.9. The molecule has 1 unspecified atom stereocenters. The number of aryl methyl sites for hydroxylation is 2. The van der Waals surface area contributed by atoms with E-state index in [0.29, 0.717) is 67.0 Å². The zero-order valence-electron chi connectivity index (χ0n) is 54.9. The smallest absolute Gasteiger partial charge is 0.460 e. The van der Waals surface area contributed by atoms with Gasteiger partial charge in [-0.2, -0.15) is 13.2 Å². The number of aliphatic imine (C=N–C) groups is 1. The molecule has 512 valence electrons. The number of aromatic nitrogens is 3. The number of ether oxygens (including phenoxy) is 2. The van der Waals surface area contributed by atoms with Crippen LogP contribution in [0, 0.1) is 26.2 Å². The number of benzene rings is 5. The summed E-state index contributed by atoms with van der Waals surface area (Å²) in [6.07, 6.45) is 3.68. The zero-order valence-corrected chi connectivity index (χ0v) is 59.7. The van der Waals surface area contributed by atoms with Crippen molar-refractivity contribution in [3.8, 4) is 5.00 Å². The number of nitrogens with one attached hydrogen (secondary N) is 2. The van der Waals surface area contributed by atoms with Crippen molar-refractivity contribution < 1.29 is 49.1 Å². The summed E-state index contributed by atoms with van der Waals surface area (Å²) >= 11 is 15.5. The van der Waals surface area contributed by atoms with Crippen LogP contribution in [0.4, 0.5) is 24.5 Å². The van der Waals surface area contributed by atoms with Gasteiger partial charge in [-0.1, -0.05) is 85.1 Å². The summed E-state index contributed by atoms with van der Waals surface area (Å²) in [6, 6.07) is 32.9. The van der Waals surface area contributed by atoms with Crippen LogP contribution in [0.25, 0.3) is 10.6 Å². The first-order valence-electron chi connectivity index (χ1n) is 31.8. The van der Waals surface area contributed by atoms with Crippen LogP contribution in [-0.4, -0.2) is 147 Å². The summed E-state index contributed by atoms with van der Waals surface area (Å²) in [7, 11) is -10.9. The first kappa shape index (κ1) is 72.1. The molecule has 0 spiro atoms. The molecule has 26 heteroatoms. The summed E-state index contributed by atoms with van der Waals surface area (Å²) in [5.41, 5.74) is 2.38. The quantitative estimate of drug-likeness (QED) is 0.0572. The van der Waals surface area contributed by atoms with Gasteiger partial charge in [0.2, 0.25) is 0 Å². The third kappa shape index (κ3) is 17.8. The SMILES string of the molecule is CC1(C)CCC(c2ccc(Cl)cc2)=C(CN2CCN(c3ccc(C(=O)NS(=O)(=O)c4ccc(N[C@H](CCN5CCOCC5)CSc5ccccc5)c(S(=O)(=O)C(F)(F)F)c4)cc3)CC2)C1.Cc1sc2c(c1C)C(c1ccc(Cl)cc1)=NC(CC(=O)OC(C)(C)C)c1nnc(C)n1-2. The molecule has 7 aromatic rings. The molecule has 96 heavy (non-hydrogen) atoms. The number of allylic oxidation sites excluding steroid dienone is 1. The number of thiophene rings is 1. The topological polar surface area (TPSA) is 198 Å². The van der Waals surface area contributed by atoms with Gasteiger partial charge in [0.1, 0.15) is 27.4 Å². The molecule has 2 aromatic heterocycles. The molecular formula is C70H80Cl2F3N9O8S4. The van der Waals surface area contributed by atoms with E-state index in [0.717, 1.165) is 108 Å². The van der Waals surface area contributed by atoms with E-state index < -0.39 is 64.4 Å². The zero-order chi connectivity index (χ0) is 68.9. The highest BCUT2D eigenvalue weighted by atomic mass is 35.5. The van der Waals surface area contributed by atoms with E-state index in [1.165, 1.54) is 45.5 Å². The first-order chi connectivity index (χ1) is 45.4. The van der Waals surface area contributed by atoms with E-state index in [-0.39, 0.29) is 23.4 Å². The van der Waals surface area contributed by atoms with Crippen LogP contribution in [0.15, 0.2) is 147 Å². The van der Waals surface area contributed by atoms with Gasteiger partial charge in [-0.25, -0.2) is 21.6 Å². The number of piperazine rings is 1. The van der Waals surface area contributed by atoms with Crippen LogP contribution in [-0.2, 0) is 34.1 Å². The lowest BCUT2D eigenvalue weighted by molar-refractivity contribution is -0.155. The number of anilines is 2. The maximum Gasteiger partial charge on any atom is 0.501 e. The highest BCUT2D eigenvalue weighted by molar-refractivity contribution is 7.99. The molecule has 2 fully saturated rings. The second-order valence-electron chi connectivity index (χ2n) is 26.2. The van der Waals surface area contributed by atoms with E-state index >= 15 is 0 Å². The summed E-state index contributed by atoms with van der Waals surface area (Å²) < 4.78 is 111. The Kier molecular flexibility index (Phi) is 22.7. The molecule has 0 radical (unpaired) electrons. The Labute approximate surface area is 578 Å². The van der Waals surface area contributed by atoms with Gasteiger partial charge < -0.3 is 19.7 Å². The third-order valence-electron chi connectivity index (χ3n) is 17.3. The summed E-state index contributed by atoms with van der Waals surface area (Å²) in [4.78, 5) is 38.0. The van der Waals surface area contributed by atoms with E-state index in [2.05, 4.69) is 70.0 Å². The molecule has 3 aliphatic heterocycles. The Morgan fingerprint density at radius 2 is 1.46 bits per heavy atom. The highest BCUT2D eigenvalue weighted by Crippen LogP contribution is 2.44. The van der Waals surface area contributed by atoms with E-state index in [1.807, 2.05) is 104 Å². The average Bonchev–Trinajstić information content (AvgIpc) is 1.63. The number of thioether (sulfide) groups is 1. The van der Waals surface area contributed by atoms with Crippen molar-refractivity contribution in [1.82, 2.24) is 29.3 Å². The molecular weight excluding hydrogens is 1350 g/mol. The molecule has 11 rings (SSSR count). The predicted molar refractivity (Wildman–Crippen MR) is 376 cm³/mol. The van der Waals surface area contributed by atoms with Gasteiger partial charge in [-0.3, -0.25) is 28.9 Å². The summed E-state index contributed by atoms with van der Waals surface area (Å²) in [6.45, 7) is 23.3. The van der Waals surface area contributed by atoms with Crippen LogP contribution in [0.3, 0.4) is 0 Å². The van der Waals surface area contributed by atoms with E-state index in [4.69, 9.17) is 37.7 Å². The molecule has 2 N–H and O–H groups in total. The van der Waals surface area contributed by atoms with Gasteiger partial charge in [0, 0.05) is 106 Å². The molecule has 0 bridgehead atoms. The number of carbonyl (C=O) groups is 2. The van der Waals surface area contributed by atoms with E-state index in [9.17, 15) is 39.6 Å². The lowest BCUT2D eigenvalue weighted by Gasteiger charge is -2.39. The van der Waals surface area contributed by atoms with Gasteiger partial charge in [0.25, 0.3) is 25.8 Å². The number of sulfone groups is 1. The Bertz CT molecular complexity index is 4230. The fraction of sp³-hybridized carbons (Fsp3) is 0.414. The van der Waals surface area contributed by atoms with Crippen LogP contribution < -0.4 is 14.9 Å². The second kappa shape index (κ2) is 30.2. The molecule has 0 saturated carbocycles. The number of halogens is 5. The standard InChI is InChI=1S/C47H55ClF3N5O6S3.C23H25ClN4O2S/c1-46(2)20-18-42(34-8-12-37(48)13-9-34)36(31-46)32-55-22-24-56(25-23-55)39-14-10-35(11-15-39)45(57)53-65(60,61)41-16-17-43(44(30-41)64(58,59)47(49,50)51)52-38(19-21-54-26-28-62-29-27-54)33-63-40-6-4-3-5-7-40;1-12-13(2)31-22-19(12)20(15-7-9-16(24)10-8-15)25-17(11-18(29)30-23(4,5)6)21-27-26-14(3)28(21)22/h3-17,30,38,52H,18-29,31-33H2,1-2H3,(H,53,57);7-10,17H,11H2,1-6H3/t38-;/m1./s1. The molecule has 2 saturated heterocycles. The Hall–Kier alpha value is -6.61. The Morgan fingerprint density at radius 1 is 0.812 bits per heavy atom. The third-order valence-corrected chi connectivity index (χ3v) is 23.0. The van der Waals surface area contributed by atoms with Crippen LogP contribution in [0.2, 0.25) is 10.0 Å². The van der Waals surface area contributed by atoms with Crippen LogP contribution in [0.5, 0.6) is 0 Å². The molecule has 5 aromatic carbocycles. The maximum absolute atomic E-state index is 14.2. The minimum atomic E-state index is -6.05. The molecule has 5 heterocycles. The largest absolute Gasteiger partial charge is 0.501 e. The molecule has 1 amide bonds. The number of fused-ring (bicyclic) bond motifs is 3. The number of rotatable bonds is 19. The van der Waals surface area contributed by atoms with Gasteiger partial charge >= 0.3 is 11.5 Å². The number of esters is 1. The van der Waals surface area contributed by atoms with Crippen molar-refractivity contribution >= 4 is 101 Å². The number of alkyl halides is 3. The van der Waals surface area contributed by atoms with Crippen LogP contribution >= 0.6 is 46.3 Å². The number of carbonyl (C=O) groups excluding carboxylic acids is 2. The lowest BCUT2D eigenvalue weighted by atomic mass is 9.73. The normalized spacial score (nSPS) is 17.5. The molecule has 4 aliphatic rings. The van der Waals surface area contributed by atoms with Crippen molar-refractivity contribution in [2.24, 2.45) is 10.4 Å². The average molecular weight is 1430 g/mol. The minimum absolute atomic E-state index is 0.00186. The van der Waals surface area contributed by atoms with Gasteiger partial charge in [0.05, 0.1) is 35.9 Å². The molecule has 2 atom stereocenters. The number of morpholine rings is 1. The fourth-order valence-electron chi connectivity index (χ4n) is 12.2. The van der Waals surface area contributed by atoms with Crippen LogP contribution in [0.1, 0.15) is 122 Å². The number of nitrogens with zero attached hydrogens (tertiary/aromatic N) is 7.